The lowest BCUT2D eigenvalue weighted by Gasteiger charge is -2.28. The average molecular weight is 272 g/mol. The molecule has 3 rings (SSSR count). The molecule has 0 bridgehead atoms. The number of hydrogen-bond acceptors (Lipinski definition) is 5. The lowest BCUT2D eigenvalue weighted by molar-refractivity contribution is 0.554. The zero-order valence-corrected chi connectivity index (χ0v) is 12.0. The van der Waals surface area contributed by atoms with Gasteiger partial charge in [0.15, 0.2) is 5.82 Å². The van der Waals surface area contributed by atoms with Crippen LogP contribution in [0, 0.1) is 0 Å². The molecule has 6 heteroatoms. The monoisotopic (exact) mass is 272 g/mol. The maximum absolute atomic E-state index is 4.50. The molecule has 0 aromatic carbocycles. The molecule has 2 aromatic heterocycles. The first-order valence-corrected chi connectivity index (χ1v) is 7.09. The molecule has 0 fully saturated rings. The third-order valence-corrected chi connectivity index (χ3v) is 3.74. The number of hydrogen-bond donors (Lipinski definition) is 1. The molecule has 6 nitrogen and oxygen atoms in total. The van der Waals surface area contributed by atoms with Crippen molar-refractivity contribution in [1.29, 1.82) is 0 Å². The van der Waals surface area contributed by atoms with Gasteiger partial charge >= 0.3 is 0 Å². The van der Waals surface area contributed by atoms with Crippen LogP contribution in [0.4, 0.5) is 5.82 Å². The van der Waals surface area contributed by atoms with Crippen molar-refractivity contribution in [1.82, 2.24) is 25.1 Å². The van der Waals surface area contributed by atoms with Crippen molar-refractivity contribution in [2.45, 2.75) is 33.0 Å². The van der Waals surface area contributed by atoms with E-state index in [1.165, 1.54) is 5.56 Å². The van der Waals surface area contributed by atoms with Gasteiger partial charge in [-0.2, -0.15) is 0 Å². The number of pyridine rings is 1. The lowest BCUT2D eigenvalue weighted by atomic mass is 10.1. The highest BCUT2D eigenvalue weighted by Gasteiger charge is 2.19. The molecule has 106 valence electrons. The van der Waals surface area contributed by atoms with Gasteiger partial charge in [0.2, 0.25) is 0 Å². The van der Waals surface area contributed by atoms with Crippen LogP contribution in [0.5, 0.6) is 0 Å². The fourth-order valence-electron chi connectivity index (χ4n) is 2.56. The highest BCUT2D eigenvalue weighted by molar-refractivity contribution is 5.42. The van der Waals surface area contributed by atoms with Gasteiger partial charge in [0, 0.05) is 25.3 Å². The van der Waals surface area contributed by atoms with Crippen LogP contribution in [0.3, 0.4) is 0 Å². The Hall–Kier alpha value is -1.95. The Morgan fingerprint density at radius 3 is 3.15 bits per heavy atom. The van der Waals surface area contributed by atoms with Gasteiger partial charge in [-0.25, -0.2) is 4.98 Å². The summed E-state index contributed by atoms with van der Waals surface area (Å²) in [5.74, 6) is 2.02. The van der Waals surface area contributed by atoms with E-state index in [0.29, 0.717) is 6.04 Å². The second kappa shape index (κ2) is 5.58. The number of anilines is 1. The molecule has 0 saturated carbocycles. The van der Waals surface area contributed by atoms with E-state index in [1.54, 1.807) is 6.33 Å². The predicted molar refractivity (Wildman–Crippen MR) is 77.4 cm³/mol. The molecule has 1 N–H and O–H groups in total. The first-order chi connectivity index (χ1) is 9.78. The smallest absolute Gasteiger partial charge is 0.152 e. The van der Waals surface area contributed by atoms with Crippen LogP contribution < -0.4 is 10.2 Å². The largest absolute Gasteiger partial charge is 0.347 e. The minimum Gasteiger partial charge on any atom is -0.347 e. The second-order valence-corrected chi connectivity index (χ2v) is 5.09. The Balaban J connectivity index is 1.79. The van der Waals surface area contributed by atoms with Crippen LogP contribution in [-0.2, 0) is 13.1 Å². The third-order valence-electron chi connectivity index (χ3n) is 3.74. The minimum absolute atomic E-state index is 0.343. The summed E-state index contributed by atoms with van der Waals surface area (Å²) in [7, 11) is 0. The Kier molecular flexibility index (Phi) is 3.64. The second-order valence-electron chi connectivity index (χ2n) is 5.09. The minimum atomic E-state index is 0.343. The molecule has 20 heavy (non-hydrogen) atoms. The van der Waals surface area contributed by atoms with Crippen LogP contribution in [0.1, 0.15) is 31.3 Å². The first kappa shape index (κ1) is 13.1. The van der Waals surface area contributed by atoms with Crippen molar-refractivity contribution < 1.29 is 0 Å². The van der Waals surface area contributed by atoms with Crippen molar-refractivity contribution in [3.63, 3.8) is 0 Å². The van der Waals surface area contributed by atoms with E-state index in [-0.39, 0.29) is 0 Å². The highest BCUT2D eigenvalue weighted by Crippen LogP contribution is 2.21. The van der Waals surface area contributed by atoms with Crippen LogP contribution in [0.25, 0.3) is 0 Å². The van der Waals surface area contributed by atoms with Crippen molar-refractivity contribution >= 4 is 5.82 Å². The maximum atomic E-state index is 4.50. The summed E-state index contributed by atoms with van der Waals surface area (Å²) in [6.45, 7) is 7.89. The van der Waals surface area contributed by atoms with Crippen LogP contribution >= 0.6 is 0 Å². The predicted octanol–water partition coefficient (Wildman–Crippen LogP) is 1.36. The fraction of sp³-hybridized carbons (Fsp3) is 0.500. The molecule has 0 radical (unpaired) electrons. The number of fused-ring (bicyclic) bond motifs is 1. The van der Waals surface area contributed by atoms with Gasteiger partial charge in [0.1, 0.15) is 12.1 Å². The quantitative estimate of drug-likeness (QED) is 0.911. The van der Waals surface area contributed by atoms with Gasteiger partial charge in [-0.15, -0.1) is 10.2 Å². The van der Waals surface area contributed by atoms with Gasteiger partial charge in [-0.05, 0) is 31.2 Å². The zero-order valence-electron chi connectivity index (χ0n) is 12.0. The molecule has 1 atom stereocenters. The summed E-state index contributed by atoms with van der Waals surface area (Å²) >= 11 is 0. The molecule has 1 aliphatic rings. The van der Waals surface area contributed by atoms with E-state index in [2.05, 4.69) is 55.9 Å². The van der Waals surface area contributed by atoms with Crippen LogP contribution in [0.2, 0.25) is 0 Å². The highest BCUT2D eigenvalue weighted by atomic mass is 15.3. The van der Waals surface area contributed by atoms with E-state index >= 15 is 0 Å². The molecule has 0 amide bonds. The Morgan fingerprint density at radius 2 is 2.30 bits per heavy atom. The van der Waals surface area contributed by atoms with Crippen molar-refractivity contribution in [2.75, 3.05) is 18.0 Å². The van der Waals surface area contributed by atoms with E-state index in [0.717, 1.165) is 37.8 Å². The van der Waals surface area contributed by atoms with Crippen LogP contribution in [0.15, 0.2) is 24.7 Å². The van der Waals surface area contributed by atoms with Gasteiger partial charge in [-0.3, -0.25) is 0 Å². The molecule has 0 spiro atoms. The number of nitrogens with one attached hydrogen (secondary N) is 1. The molecule has 1 aliphatic heterocycles. The Labute approximate surface area is 118 Å². The molecule has 2 aromatic rings. The number of nitrogens with zero attached hydrogens (tertiary/aromatic N) is 5. The summed E-state index contributed by atoms with van der Waals surface area (Å²) in [5.41, 5.74) is 1.27. The summed E-state index contributed by atoms with van der Waals surface area (Å²) < 4.78 is 2.10. The fourth-order valence-corrected chi connectivity index (χ4v) is 2.56. The van der Waals surface area contributed by atoms with Crippen molar-refractivity contribution in [2.24, 2.45) is 0 Å². The molecule has 3 heterocycles. The maximum Gasteiger partial charge on any atom is 0.152 e. The van der Waals surface area contributed by atoms with Gasteiger partial charge in [0.05, 0.1) is 6.54 Å². The van der Waals surface area contributed by atoms with E-state index in [4.69, 9.17) is 0 Å². The molecule has 0 saturated heterocycles. The van der Waals surface area contributed by atoms with Crippen molar-refractivity contribution in [3.8, 4) is 0 Å². The molecule has 1 unspecified atom stereocenters. The molecule has 0 aliphatic carbocycles. The van der Waals surface area contributed by atoms with Gasteiger partial charge in [0.25, 0.3) is 0 Å². The van der Waals surface area contributed by atoms with Gasteiger partial charge < -0.3 is 14.8 Å². The van der Waals surface area contributed by atoms with Crippen molar-refractivity contribution in [3.05, 3.63) is 36.0 Å². The number of rotatable bonds is 4. The SMILES string of the molecule is CCNC(C)c1ccnc(N2CCn3cnnc3C2)c1. The summed E-state index contributed by atoms with van der Waals surface area (Å²) in [4.78, 5) is 6.76. The van der Waals surface area contributed by atoms with E-state index in [9.17, 15) is 0 Å². The first-order valence-electron chi connectivity index (χ1n) is 7.09. The summed E-state index contributed by atoms with van der Waals surface area (Å²) in [6, 6.07) is 4.58. The topological polar surface area (TPSA) is 58.9 Å². The van der Waals surface area contributed by atoms with E-state index < -0.39 is 0 Å². The van der Waals surface area contributed by atoms with Gasteiger partial charge in [-0.1, -0.05) is 6.92 Å². The Morgan fingerprint density at radius 1 is 1.40 bits per heavy atom. The third kappa shape index (κ3) is 2.51. The zero-order chi connectivity index (χ0) is 13.9. The lowest BCUT2D eigenvalue weighted by Crippen LogP contribution is -2.34. The summed E-state index contributed by atoms with van der Waals surface area (Å²) in [5, 5.41) is 11.5. The molecular weight excluding hydrogens is 252 g/mol. The summed E-state index contributed by atoms with van der Waals surface area (Å²) in [6.07, 6.45) is 3.68. The Bertz CT molecular complexity index is 579. The average Bonchev–Trinajstić information content (AvgIpc) is 2.95. The number of aromatic nitrogens is 4. The standard InChI is InChI=1S/C14H20N6/c1-3-15-11(2)12-4-5-16-13(8-12)19-6-7-20-10-17-18-14(20)9-19/h4-5,8,10-11,15H,3,6-7,9H2,1-2H3. The van der Waals surface area contributed by atoms with Crippen LogP contribution in [-0.4, -0.2) is 32.8 Å². The molecular formula is C14H20N6. The van der Waals surface area contributed by atoms with E-state index in [1.807, 2.05) is 6.20 Å². The normalized spacial score (nSPS) is 16.0.